The molecule has 2 aliphatic rings. The van der Waals surface area contributed by atoms with Crippen LogP contribution in [0.4, 0.5) is 0 Å². The van der Waals surface area contributed by atoms with Gasteiger partial charge in [0.25, 0.3) is 0 Å². The lowest BCUT2D eigenvalue weighted by molar-refractivity contribution is -0.142. The van der Waals surface area contributed by atoms with Gasteiger partial charge in [-0.2, -0.15) is 0 Å². The van der Waals surface area contributed by atoms with Crippen LogP contribution in [0.1, 0.15) is 37.7 Å². The lowest BCUT2D eigenvalue weighted by Gasteiger charge is -2.33. The second-order valence-electron chi connectivity index (χ2n) is 7.44. The topological polar surface area (TPSA) is 49.8 Å². The van der Waals surface area contributed by atoms with Gasteiger partial charge in [-0.05, 0) is 55.0 Å². The highest BCUT2D eigenvalue weighted by atomic mass is 16.5. The number of nitrogens with zero attached hydrogens (tertiary/aromatic N) is 1. The minimum atomic E-state index is -0.684. The third-order valence-electron chi connectivity index (χ3n) is 5.75. The Bertz CT molecular complexity index is 761. The number of carboxylic acids is 1. The molecular formula is C22H25NO3. The largest absolute Gasteiger partial charge is 0.480 e. The van der Waals surface area contributed by atoms with Gasteiger partial charge in [-0.15, -0.1) is 0 Å². The van der Waals surface area contributed by atoms with Crippen molar-refractivity contribution in [1.29, 1.82) is 0 Å². The average molecular weight is 351 g/mol. The molecule has 136 valence electrons. The summed E-state index contributed by atoms with van der Waals surface area (Å²) in [6, 6.07) is 17.8. The predicted molar refractivity (Wildman–Crippen MR) is 100 cm³/mol. The van der Waals surface area contributed by atoms with Gasteiger partial charge >= 0.3 is 5.97 Å². The van der Waals surface area contributed by atoms with E-state index in [4.69, 9.17) is 4.74 Å². The molecular weight excluding hydrogens is 326 g/mol. The molecule has 1 saturated heterocycles. The lowest BCUT2D eigenvalue weighted by Crippen LogP contribution is -2.41. The van der Waals surface area contributed by atoms with Gasteiger partial charge in [0.1, 0.15) is 17.5 Å². The molecule has 0 amide bonds. The minimum absolute atomic E-state index is 0.359. The van der Waals surface area contributed by atoms with Crippen molar-refractivity contribution in [1.82, 2.24) is 4.90 Å². The van der Waals surface area contributed by atoms with Gasteiger partial charge in [0.05, 0.1) is 0 Å². The summed E-state index contributed by atoms with van der Waals surface area (Å²) in [6.07, 6.45) is 5.53. The first-order valence-corrected chi connectivity index (χ1v) is 9.51. The Labute approximate surface area is 154 Å². The van der Waals surface area contributed by atoms with Crippen LogP contribution in [0.5, 0.6) is 11.5 Å². The zero-order valence-electron chi connectivity index (χ0n) is 14.9. The summed E-state index contributed by atoms with van der Waals surface area (Å²) in [6.45, 7) is 0.671. The van der Waals surface area contributed by atoms with Crippen molar-refractivity contribution >= 4 is 5.97 Å². The second kappa shape index (κ2) is 7.50. The fourth-order valence-corrected chi connectivity index (χ4v) is 4.57. The van der Waals surface area contributed by atoms with E-state index in [0.717, 1.165) is 29.9 Å². The Morgan fingerprint density at radius 1 is 1.04 bits per heavy atom. The maximum absolute atomic E-state index is 11.8. The first kappa shape index (κ1) is 17.1. The molecule has 1 N–H and O–H groups in total. The van der Waals surface area contributed by atoms with Gasteiger partial charge in [0.15, 0.2) is 0 Å². The SMILES string of the molecule is O=C(O)C1CC2CCCCC2N1Cc1cccc(Oc2ccccc2)c1. The van der Waals surface area contributed by atoms with Crippen LogP contribution in [-0.4, -0.2) is 28.1 Å². The van der Waals surface area contributed by atoms with Gasteiger partial charge in [0.2, 0.25) is 0 Å². The van der Waals surface area contributed by atoms with E-state index in [1.807, 2.05) is 48.5 Å². The zero-order chi connectivity index (χ0) is 17.9. The van der Waals surface area contributed by atoms with Crippen LogP contribution in [0.25, 0.3) is 0 Å². The molecule has 1 heterocycles. The Hall–Kier alpha value is -2.33. The number of likely N-dealkylation sites (tertiary alicyclic amines) is 1. The van der Waals surface area contributed by atoms with Crippen molar-refractivity contribution in [2.75, 3.05) is 0 Å². The maximum Gasteiger partial charge on any atom is 0.320 e. The number of benzene rings is 2. The predicted octanol–water partition coefficient (Wildman–Crippen LogP) is 4.70. The molecule has 0 radical (unpaired) electrons. The minimum Gasteiger partial charge on any atom is -0.480 e. The monoisotopic (exact) mass is 351 g/mol. The number of ether oxygens (including phenoxy) is 1. The van der Waals surface area contributed by atoms with E-state index in [1.165, 1.54) is 19.3 Å². The quantitative estimate of drug-likeness (QED) is 0.848. The molecule has 0 bridgehead atoms. The number of rotatable bonds is 5. The maximum atomic E-state index is 11.8. The molecule has 0 spiro atoms. The van der Waals surface area contributed by atoms with Crippen LogP contribution in [0.3, 0.4) is 0 Å². The van der Waals surface area contributed by atoms with Gasteiger partial charge in [-0.1, -0.05) is 43.2 Å². The molecule has 4 rings (SSSR count). The summed E-state index contributed by atoms with van der Waals surface area (Å²) < 4.78 is 5.93. The molecule has 4 nitrogen and oxygen atoms in total. The van der Waals surface area contributed by atoms with Crippen molar-refractivity contribution in [3.05, 3.63) is 60.2 Å². The van der Waals surface area contributed by atoms with Crippen LogP contribution < -0.4 is 4.74 Å². The molecule has 2 fully saturated rings. The number of para-hydroxylation sites is 1. The van der Waals surface area contributed by atoms with Crippen molar-refractivity contribution in [2.45, 2.75) is 50.7 Å². The third kappa shape index (κ3) is 3.61. The third-order valence-corrected chi connectivity index (χ3v) is 5.75. The standard InChI is InChI=1S/C22H25NO3/c24-22(25)21-14-17-8-4-5-12-20(17)23(21)15-16-7-6-11-19(13-16)26-18-9-2-1-3-10-18/h1-3,6-7,9-11,13,17,20-21H,4-5,8,12,14-15H2,(H,24,25). The Morgan fingerprint density at radius 2 is 1.81 bits per heavy atom. The summed E-state index contributed by atoms with van der Waals surface area (Å²) in [5, 5.41) is 9.69. The van der Waals surface area contributed by atoms with E-state index in [9.17, 15) is 9.90 Å². The number of carboxylic acid groups (broad SMARTS) is 1. The summed E-state index contributed by atoms with van der Waals surface area (Å²) in [7, 11) is 0. The van der Waals surface area contributed by atoms with E-state index in [0.29, 0.717) is 18.5 Å². The number of carbonyl (C=O) groups is 1. The normalized spacial score (nSPS) is 25.6. The average Bonchev–Trinajstić information content (AvgIpc) is 3.02. The number of fused-ring (bicyclic) bond motifs is 1. The molecule has 2 aromatic rings. The van der Waals surface area contributed by atoms with E-state index in [2.05, 4.69) is 11.0 Å². The molecule has 1 aliphatic carbocycles. The van der Waals surface area contributed by atoms with Crippen LogP contribution in [0, 0.1) is 5.92 Å². The number of hydrogen-bond acceptors (Lipinski definition) is 3. The van der Waals surface area contributed by atoms with Crippen LogP contribution in [0.15, 0.2) is 54.6 Å². The van der Waals surface area contributed by atoms with E-state index < -0.39 is 5.97 Å². The zero-order valence-corrected chi connectivity index (χ0v) is 14.9. The molecule has 1 saturated carbocycles. The molecule has 26 heavy (non-hydrogen) atoms. The van der Waals surface area contributed by atoms with E-state index in [1.54, 1.807) is 0 Å². The number of aliphatic carboxylic acids is 1. The molecule has 0 aromatic heterocycles. The van der Waals surface area contributed by atoms with Gasteiger partial charge in [-0.25, -0.2) is 0 Å². The van der Waals surface area contributed by atoms with Crippen LogP contribution in [0.2, 0.25) is 0 Å². The second-order valence-corrected chi connectivity index (χ2v) is 7.44. The van der Waals surface area contributed by atoms with Crippen molar-refractivity contribution in [3.63, 3.8) is 0 Å². The fraction of sp³-hybridized carbons (Fsp3) is 0.409. The molecule has 4 heteroatoms. The van der Waals surface area contributed by atoms with Gasteiger partial charge < -0.3 is 9.84 Å². The van der Waals surface area contributed by atoms with E-state index in [-0.39, 0.29) is 6.04 Å². The molecule has 3 atom stereocenters. The Morgan fingerprint density at radius 3 is 2.62 bits per heavy atom. The van der Waals surface area contributed by atoms with Crippen LogP contribution in [-0.2, 0) is 11.3 Å². The molecule has 3 unspecified atom stereocenters. The summed E-state index contributed by atoms with van der Waals surface area (Å²) in [5.41, 5.74) is 1.11. The molecule has 2 aromatic carbocycles. The van der Waals surface area contributed by atoms with Crippen molar-refractivity contribution < 1.29 is 14.6 Å². The summed E-state index contributed by atoms with van der Waals surface area (Å²) in [5.74, 6) is 1.45. The van der Waals surface area contributed by atoms with Gasteiger partial charge in [-0.3, -0.25) is 9.69 Å². The Kier molecular flexibility index (Phi) is 4.93. The number of hydrogen-bond donors (Lipinski definition) is 1. The van der Waals surface area contributed by atoms with Crippen molar-refractivity contribution in [3.8, 4) is 11.5 Å². The highest BCUT2D eigenvalue weighted by Gasteiger charge is 2.44. The Balaban J connectivity index is 1.52. The van der Waals surface area contributed by atoms with Crippen LogP contribution >= 0.6 is 0 Å². The lowest BCUT2D eigenvalue weighted by atomic mass is 9.84. The highest BCUT2D eigenvalue weighted by molar-refractivity contribution is 5.74. The summed E-state index contributed by atoms with van der Waals surface area (Å²) in [4.78, 5) is 14.0. The molecule has 1 aliphatic heterocycles. The first-order valence-electron chi connectivity index (χ1n) is 9.51. The van der Waals surface area contributed by atoms with Gasteiger partial charge in [0, 0.05) is 12.6 Å². The highest BCUT2D eigenvalue weighted by Crippen LogP contribution is 2.40. The first-order chi connectivity index (χ1) is 12.7. The smallest absolute Gasteiger partial charge is 0.320 e. The van der Waals surface area contributed by atoms with E-state index >= 15 is 0 Å². The fourth-order valence-electron chi connectivity index (χ4n) is 4.57. The van der Waals surface area contributed by atoms with Crippen molar-refractivity contribution in [2.24, 2.45) is 5.92 Å². The summed E-state index contributed by atoms with van der Waals surface area (Å²) >= 11 is 0.